The molecule has 0 aromatic heterocycles. The summed E-state index contributed by atoms with van der Waals surface area (Å²) in [6.07, 6.45) is 2.41. The van der Waals surface area contributed by atoms with Crippen LogP contribution < -0.4 is 4.31 Å². The molecule has 3 aromatic carbocycles. The molecule has 0 unspecified atom stereocenters. The number of benzene rings is 3. The van der Waals surface area contributed by atoms with Crippen LogP contribution in [0, 0.1) is 6.92 Å². The molecule has 0 spiro atoms. The van der Waals surface area contributed by atoms with Gasteiger partial charge in [-0.15, -0.1) is 6.58 Å². The Morgan fingerprint density at radius 1 is 0.933 bits per heavy atom. The molecule has 0 saturated carbocycles. The average molecular weight is 417 g/mol. The van der Waals surface area contributed by atoms with Crippen molar-refractivity contribution < 1.29 is 8.42 Å². The lowest BCUT2D eigenvalue weighted by Gasteiger charge is -2.51. The molecule has 0 saturated heterocycles. The molecule has 2 aliphatic heterocycles. The van der Waals surface area contributed by atoms with Crippen LogP contribution in [0.3, 0.4) is 0 Å². The van der Waals surface area contributed by atoms with Crippen LogP contribution in [-0.4, -0.2) is 19.9 Å². The molecule has 0 amide bonds. The molecule has 0 radical (unpaired) electrons. The summed E-state index contributed by atoms with van der Waals surface area (Å²) in [6, 6.07) is 23.0. The highest BCUT2D eigenvalue weighted by Crippen LogP contribution is 2.49. The van der Waals surface area contributed by atoms with Gasteiger partial charge in [-0.25, -0.2) is 12.7 Å². The first-order valence-corrected chi connectivity index (χ1v) is 11.6. The van der Waals surface area contributed by atoms with E-state index < -0.39 is 16.2 Å². The highest BCUT2D eigenvalue weighted by Gasteiger charge is 2.46. The SMILES string of the molecule is C=C[C@H]1c2ccccc2N(S(=O)(=O)c2ccc(C)cc2)[C@H]2c3ccccc3CCN12. The molecular formula is C25H24N2O2S. The Labute approximate surface area is 178 Å². The Hall–Kier alpha value is -2.89. The number of anilines is 1. The monoisotopic (exact) mass is 416 g/mol. The van der Waals surface area contributed by atoms with Crippen LogP contribution in [0.1, 0.15) is 34.5 Å². The third-order valence-electron chi connectivity index (χ3n) is 6.16. The maximum Gasteiger partial charge on any atom is 0.265 e. The molecule has 2 atom stereocenters. The second kappa shape index (κ2) is 7.11. The lowest BCUT2D eigenvalue weighted by atomic mass is 9.90. The summed E-state index contributed by atoms with van der Waals surface area (Å²) >= 11 is 0. The maximum absolute atomic E-state index is 14.0. The molecule has 152 valence electrons. The first-order valence-electron chi connectivity index (χ1n) is 10.2. The summed E-state index contributed by atoms with van der Waals surface area (Å²) in [5.74, 6) is 0. The molecule has 0 N–H and O–H groups in total. The summed E-state index contributed by atoms with van der Waals surface area (Å²) in [7, 11) is -3.78. The van der Waals surface area contributed by atoms with E-state index in [0.29, 0.717) is 4.90 Å². The van der Waals surface area contributed by atoms with Crippen molar-refractivity contribution in [2.24, 2.45) is 0 Å². The van der Waals surface area contributed by atoms with Crippen LogP contribution in [0.15, 0.2) is 90.3 Å². The number of aryl methyl sites for hydroxylation is 1. The average Bonchev–Trinajstić information content (AvgIpc) is 2.77. The third kappa shape index (κ3) is 2.81. The zero-order valence-corrected chi connectivity index (χ0v) is 17.7. The molecule has 30 heavy (non-hydrogen) atoms. The predicted octanol–water partition coefficient (Wildman–Crippen LogP) is 4.99. The van der Waals surface area contributed by atoms with Crippen LogP contribution in [0.4, 0.5) is 5.69 Å². The zero-order valence-electron chi connectivity index (χ0n) is 16.9. The first-order chi connectivity index (χ1) is 14.5. The Morgan fingerprint density at radius 2 is 1.60 bits per heavy atom. The summed E-state index contributed by atoms with van der Waals surface area (Å²) in [5, 5.41) is 0. The number of nitrogens with zero attached hydrogens (tertiary/aromatic N) is 2. The van der Waals surface area contributed by atoms with Gasteiger partial charge in [0, 0.05) is 6.54 Å². The molecule has 2 heterocycles. The van der Waals surface area contributed by atoms with Gasteiger partial charge in [-0.05, 0) is 48.2 Å². The van der Waals surface area contributed by atoms with E-state index in [4.69, 9.17) is 0 Å². The van der Waals surface area contributed by atoms with Gasteiger partial charge in [0.25, 0.3) is 10.0 Å². The van der Waals surface area contributed by atoms with E-state index in [0.717, 1.165) is 35.3 Å². The second-order valence-electron chi connectivity index (χ2n) is 7.91. The van der Waals surface area contributed by atoms with Crippen molar-refractivity contribution in [3.8, 4) is 0 Å². The van der Waals surface area contributed by atoms with Crippen molar-refractivity contribution in [2.75, 3.05) is 10.8 Å². The van der Waals surface area contributed by atoms with Crippen LogP contribution >= 0.6 is 0 Å². The van der Waals surface area contributed by atoms with Crippen molar-refractivity contribution in [1.82, 2.24) is 4.90 Å². The van der Waals surface area contributed by atoms with Gasteiger partial charge in [-0.3, -0.25) is 4.90 Å². The van der Waals surface area contributed by atoms with E-state index in [2.05, 4.69) is 23.6 Å². The number of hydrogen-bond acceptors (Lipinski definition) is 3. The molecule has 5 rings (SSSR count). The predicted molar refractivity (Wildman–Crippen MR) is 120 cm³/mol. The van der Waals surface area contributed by atoms with Gasteiger partial charge in [0.2, 0.25) is 0 Å². The van der Waals surface area contributed by atoms with Crippen molar-refractivity contribution in [3.63, 3.8) is 0 Å². The van der Waals surface area contributed by atoms with Gasteiger partial charge < -0.3 is 0 Å². The van der Waals surface area contributed by atoms with Gasteiger partial charge in [0.15, 0.2) is 0 Å². The van der Waals surface area contributed by atoms with E-state index in [1.165, 1.54) is 5.56 Å². The van der Waals surface area contributed by atoms with Crippen LogP contribution in [0.5, 0.6) is 0 Å². The largest absolute Gasteiger partial charge is 0.268 e. The quantitative estimate of drug-likeness (QED) is 0.565. The Bertz CT molecular complexity index is 1220. The molecule has 0 bridgehead atoms. The molecule has 3 aromatic rings. The van der Waals surface area contributed by atoms with Crippen LogP contribution in [0.2, 0.25) is 0 Å². The summed E-state index contributed by atoms with van der Waals surface area (Å²) in [6.45, 7) is 6.80. The van der Waals surface area contributed by atoms with E-state index >= 15 is 0 Å². The Kier molecular flexibility index (Phi) is 4.53. The lowest BCUT2D eigenvalue weighted by molar-refractivity contribution is 0.145. The minimum atomic E-state index is -3.78. The van der Waals surface area contributed by atoms with Crippen molar-refractivity contribution in [2.45, 2.75) is 30.4 Å². The Morgan fingerprint density at radius 3 is 2.33 bits per heavy atom. The number of rotatable bonds is 3. The van der Waals surface area contributed by atoms with Crippen molar-refractivity contribution in [3.05, 3.63) is 108 Å². The van der Waals surface area contributed by atoms with Gasteiger partial charge >= 0.3 is 0 Å². The van der Waals surface area contributed by atoms with Crippen LogP contribution in [-0.2, 0) is 16.4 Å². The normalized spacial score (nSPS) is 20.8. The maximum atomic E-state index is 14.0. The second-order valence-corrected chi connectivity index (χ2v) is 9.73. The topological polar surface area (TPSA) is 40.6 Å². The summed E-state index contributed by atoms with van der Waals surface area (Å²) in [4.78, 5) is 2.56. The minimum absolute atomic E-state index is 0.0379. The summed E-state index contributed by atoms with van der Waals surface area (Å²) in [5.41, 5.74) is 4.97. The Balaban J connectivity index is 1.79. The van der Waals surface area contributed by atoms with Crippen molar-refractivity contribution in [1.29, 1.82) is 0 Å². The molecular weight excluding hydrogens is 392 g/mol. The van der Waals surface area contributed by atoms with E-state index in [1.807, 2.05) is 61.5 Å². The van der Waals surface area contributed by atoms with Crippen LogP contribution in [0.25, 0.3) is 0 Å². The highest BCUT2D eigenvalue weighted by molar-refractivity contribution is 7.92. The minimum Gasteiger partial charge on any atom is -0.268 e. The fourth-order valence-electron chi connectivity index (χ4n) is 4.71. The van der Waals surface area contributed by atoms with E-state index in [-0.39, 0.29) is 6.04 Å². The highest BCUT2D eigenvalue weighted by atomic mass is 32.2. The fraction of sp³-hybridized carbons (Fsp3) is 0.200. The standard InChI is InChI=1S/C25H24N2O2S/c1-3-23-22-10-6-7-11-24(22)27(30(28,29)20-14-12-18(2)13-15-20)25-21-9-5-4-8-19(21)16-17-26(23)25/h3-15,23,25H,1,16-17H2,2H3/t23-,25-/m0/s1. The molecule has 0 fully saturated rings. The number of hydrogen-bond donors (Lipinski definition) is 0. The smallest absolute Gasteiger partial charge is 0.265 e. The first kappa shape index (κ1) is 19.1. The van der Waals surface area contributed by atoms with Gasteiger partial charge in [-0.2, -0.15) is 0 Å². The zero-order chi connectivity index (χ0) is 20.9. The third-order valence-corrected chi connectivity index (χ3v) is 7.94. The van der Waals surface area contributed by atoms with Gasteiger partial charge in [0.05, 0.1) is 16.6 Å². The van der Waals surface area contributed by atoms with Crippen molar-refractivity contribution >= 4 is 15.7 Å². The number of fused-ring (bicyclic) bond motifs is 4. The van der Waals surface area contributed by atoms with Gasteiger partial charge in [-0.1, -0.05) is 66.2 Å². The fourth-order valence-corrected chi connectivity index (χ4v) is 6.34. The molecule has 5 heteroatoms. The molecule has 0 aliphatic carbocycles. The number of para-hydroxylation sites is 1. The summed E-state index contributed by atoms with van der Waals surface area (Å²) < 4.78 is 29.6. The van der Waals surface area contributed by atoms with E-state index in [1.54, 1.807) is 16.4 Å². The molecule has 4 nitrogen and oxygen atoms in total. The number of sulfonamides is 1. The van der Waals surface area contributed by atoms with E-state index in [9.17, 15) is 8.42 Å². The lowest BCUT2D eigenvalue weighted by Crippen LogP contribution is -2.52. The van der Waals surface area contributed by atoms with Gasteiger partial charge in [0.1, 0.15) is 6.17 Å². The molecule has 2 aliphatic rings.